The first-order valence-corrected chi connectivity index (χ1v) is 7.70. The predicted molar refractivity (Wildman–Crippen MR) is 95.9 cm³/mol. The Morgan fingerprint density at radius 3 is 2.85 bits per heavy atom. The maximum atomic E-state index is 12.1. The summed E-state index contributed by atoms with van der Waals surface area (Å²) < 4.78 is 10.5. The van der Waals surface area contributed by atoms with Gasteiger partial charge in [0.25, 0.3) is 5.69 Å². The molecule has 132 valence electrons. The maximum Gasteiger partial charge on any atom is 0.307 e. The SMILES string of the molecule is COc1ccc([N+](=O)[O-])cc1/C=N/NC(=O)c1cc2cc(Cl)ccc2o1. The van der Waals surface area contributed by atoms with Gasteiger partial charge < -0.3 is 9.15 Å². The fourth-order valence-electron chi connectivity index (χ4n) is 2.28. The number of carbonyl (C=O) groups excluding carboxylic acids is 1. The number of hydrazone groups is 1. The van der Waals surface area contributed by atoms with Gasteiger partial charge in [-0.15, -0.1) is 0 Å². The largest absolute Gasteiger partial charge is 0.496 e. The van der Waals surface area contributed by atoms with Crippen LogP contribution in [0.1, 0.15) is 16.1 Å². The second-order valence-electron chi connectivity index (χ2n) is 5.18. The zero-order valence-corrected chi connectivity index (χ0v) is 14.2. The van der Waals surface area contributed by atoms with Crippen molar-refractivity contribution in [1.29, 1.82) is 0 Å². The van der Waals surface area contributed by atoms with Crippen LogP contribution < -0.4 is 10.2 Å². The first-order valence-electron chi connectivity index (χ1n) is 7.33. The van der Waals surface area contributed by atoms with Gasteiger partial charge in [0.05, 0.1) is 18.2 Å². The van der Waals surface area contributed by atoms with Crippen molar-refractivity contribution in [2.24, 2.45) is 5.10 Å². The van der Waals surface area contributed by atoms with Gasteiger partial charge in [0.2, 0.25) is 0 Å². The highest BCUT2D eigenvalue weighted by Gasteiger charge is 2.13. The highest BCUT2D eigenvalue weighted by atomic mass is 35.5. The number of carbonyl (C=O) groups is 1. The fraction of sp³-hybridized carbons (Fsp3) is 0.0588. The number of methoxy groups -OCH3 is 1. The van der Waals surface area contributed by atoms with Crippen molar-refractivity contribution in [3.8, 4) is 5.75 Å². The molecule has 1 aromatic heterocycles. The van der Waals surface area contributed by atoms with Crippen LogP contribution in [-0.4, -0.2) is 24.2 Å². The van der Waals surface area contributed by atoms with Crippen LogP contribution in [0.2, 0.25) is 5.02 Å². The molecule has 0 atom stereocenters. The molecule has 0 saturated carbocycles. The number of hydrogen-bond acceptors (Lipinski definition) is 6. The summed E-state index contributed by atoms with van der Waals surface area (Å²) >= 11 is 5.90. The van der Waals surface area contributed by atoms with Crippen molar-refractivity contribution >= 4 is 40.4 Å². The van der Waals surface area contributed by atoms with Gasteiger partial charge in [0.15, 0.2) is 5.76 Å². The van der Waals surface area contributed by atoms with Gasteiger partial charge in [-0.25, -0.2) is 5.43 Å². The lowest BCUT2D eigenvalue weighted by Gasteiger charge is -2.03. The number of nitro benzene ring substituents is 1. The molecule has 0 fully saturated rings. The minimum Gasteiger partial charge on any atom is -0.496 e. The van der Waals surface area contributed by atoms with E-state index < -0.39 is 10.8 Å². The van der Waals surface area contributed by atoms with Gasteiger partial charge in [-0.3, -0.25) is 14.9 Å². The van der Waals surface area contributed by atoms with Crippen LogP contribution in [0.5, 0.6) is 5.75 Å². The molecular weight excluding hydrogens is 362 g/mol. The molecule has 0 unspecified atom stereocenters. The smallest absolute Gasteiger partial charge is 0.307 e. The first kappa shape index (κ1) is 17.4. The van der Waals surface area contributed by atoms with E-state index in [0.717, 1.165) is 0 Å². The summed E-state index contributed by atoms with van der Waals surface area (Å²) in [5.74, 6) is -0.129. The number of furan rings is 1. The highest BCUT2D eigenvalue weighted by molar-refractivity contribution is 6.31. The summed E-state index contributed by atoms with van der Waals surface area (Å²) in [6, 6.07) is 10.6. The standard InChI is InChI=1S/C17H12ClN3O5/c1-25-14-5-3-13(21(23)24)7-11(14)9-19-20-17(22)16-8-10-6-12(18)2-4-15(10)26-16/h2-9H,1H3,(H,20,22)/b19-9+. The predicted octanol–water partition coefficient (Wildman–Crippen LogP) is 3.77. The van der Waals surface area contributed by atoms with Gasteiger partial charge in [-0.2, -0.15) is 5.10 Å². The molecule has 0 aliphatic rings. The minimum absolute atomic E-state index is 0.0606. The average molecular weight is 374 g/mol. The van der Waals surface area contributed by atoms with Crippen LogP contribution >= 0.6 is 11.6 Å². The Balaban J connectivity index is 1.78. The second kappa shape index (κ2) is 7.24. The van der Waals surface area contributed by atoms with Crippen molar-refractivity contribution < 1.29 is 18.9 Å². The van der Waals surface area contributed by atoms with Crippen LogP contribution in [0.3, 0.4) is 0 Å². The Kier molecular flexibility index (Phi) is 4.85. The zero-order valence-electron chi connectivity index (χ0n) is 13.4. The number of halogens is 1. The van der Waals surface area contributed by atoms with Crippen molar-refractivity contribution in [2.45, 2.75) is 0 Å². The topological polar surface area (TPSA) is 107 Å². The average Bonchev–Trinajstić information content (AvgIpc) is 3.04. The lowest BCUT2D eigenvalue weighted by atomic mass is 10.2. The molecule has 3 rings (SSSR count). The van der Waals surface area contributed by atoms with E-state index in [1.165, 1.54) is 31.5 Å². The number of benzene rings is 2. The van der Waals surface area contributed by atoms with Gasteiger partial charge in [-0.1, -0.05) is 11.6 Å². The summed E-state index contributed by atoms with van der Waals surface area (Å²) in [5.41, 5.74) is 3.05. The van der Waals surface area contributed by atoms with Crippen molar-refractivity contribution in [3.63, 3.8) is 0 Å². The maximum absolute atomic E-state index is 12.1. The Morgan fingerprint density at radius 1 is 1.31 bits per heavy atom. The lowest BCUT2D eigenvalue weighted by molar-refractivity contribution is -0.384. The second-order valence-corrected chi connectivity index (χ2v) is 5.61. The van der Waals surface area contributed by atoms with Crippen LogP contribution in [0.15, 0.2) is 52.0 Å². The van der Waals surface area contributed by atoms with E-state index >= 15 is 0 Å². The normalized spacial score (nSPS) is 11.0. The zero-order chi connectivity index (χ0) is 18.7. The number of nitrogens with zero attached hydrogens (tertiary/aromatic N) is 2. The summed E-state index contributed by atoms with van der Waals surface area (Å²) in [4.78, 5) is 22.5. The molecular formula is C17H12ClN3O5. The molecule has 2 aromatic carbocycles. The minimum atomic E-state index is -0.571. The molecule has 3 aromatic rings. The van der Waals surface area contributed by atoms with Crippen LogP contribution in [-0.2, 0) is 0 Å². The Hall–Kier alpha value is -3.39. The van der Waals surface area contributed by atoms with Gasteiger partial charge >= 0.3 is 5.91 Å². The molecule has 0 spiro atoms. The number of amides is 1. The van der Waals surface area contributed by atoms with Crippen LogP contribution in [0.25, 0.3) is 11.0 Å². The number of fused-ring (bicyclic) bond motifs is 1. The van der Waals surface area contributed by atoms with E-state index in [4.69, 9.17) is 20.8 Å². The van der Waals surface area contributed by atoms with E-state index in [-0.39, 0.29) is 11.4 Å². The van der Waals surface area contributed by atoms with Crippen molar-refractivity contribution in [2.75, 3.05) is 7.11 Å². The Labute approximate surface area is 152 Å². The molecule has 8 nitrogen and oxygen atoms in total. The summed E-state index contributed by atoms with van der Waals surface area (Å²) in [5, 5.41) is 15.9. The van der Waals surface area contributed by atoms with Crippen molar-refractivity contribution in [3.05, 3.63) is 68.9 Å². The summed E-state index contributed by atoms with van der Waals surface area (Å²) in [7, 11) is 1.43. The van der Waals surface area contributed by atoms with Crippen molar-refractivity contribution in [1.82, 2.24) is 5.43 Å². The van der Waals surface area contributed by atoms with E-state index in [1.54, 1.807) is 24.3 Å². The Bertz CT molecular complexity index is 1030. The van der Waals surface area contributed by atoms with E-state index in [9.17, 15) is 14.9 Å². The van der Waals surface area contributed by atoms with Gasteiger partial charge in [-0.05, 0) is 30.3 Å². The third-order valence-electron chi connectivity index (χ3n) is 3.50. The molecule has 0 aliphatic carbocycles. The monoisotopic (exact) mass is 373 g/mol. The highest BCUT2D eigenvalue weighted by Crippen LogP contribution is 2.24. The molecule has 0 saturated heterocycles. The van der Waals surface area contributed by atoms with E-state index in [1.807, 2.05) is 0 Å². The summed E-state index contributed by atoms with van der Waals surface area (Å²) in [6.07, 6.45) is 1.25. The lowest BCUT2D eigenvalue weighted by Crippen LogP contribution is -2.16. The molecule has 1 N–H and O–H groups in total. The number of non-ortho nitro benzene ring substituents is 1. The summed E-state index contributed by atoms with van der Waals surface area (Å²) in [6.45, 7) is 0. The van der Waals surface area contributed by atoms with E-state index in [2.05, 4.69) is 10.5 Å². The van der Waals surface area contributed by atoms with Crippen LogP contribution in [0, 0.1) is 10.1 Å². The molecule has 1 heterocycles. The molecule has 9 heteroatoms. The molecule has 0 radical (unpaired) electrons. The first-order chi connectivity index (χ1) is 12.5. The molecule has 26 heavy (non-hydrogen) atoms. The molecule has 0 bridgehead atoms. The van der Waals surface area contributed by atoms with Gasteiger partial charge in [0.1, 0.15) is 11.3 Å². The molecule has 1 amide bonds. The third kappa shape index (κ3) is 3.65. The number of ether oxygens (including phenoxy) is 1. The number of hydrogen-bond donors (Lipinski definition) is 1. The molecule has 0 aliphatic heterocycles. The van der Waals surface area contributed by atoms with Crippen LogP contribution in [0.4, 0.5) is 5.69 Å². The van der Waals surface area contributed by atoms with Gasteiger partial charge in [0, 0.05) is 28.1 Å². The van der Waals surface area contributed by atoms with E-state index in [0.29, 0.717) is 27.3 Å². The Morgan fingerprint density at radius 2 is 2.12 bits per heavy atom. The number of nitrogens with one attached hydrogen (secondary N) is 1. The quantitative estimate of drug-likeness (QED) is 0.416. The fourth-order valence-corrected chi connectivity index (χ4v) is 2.46. The third-order valence-corrected chi connectivity index (χ3v) is 3.73. The number of rotatable bonds is 5. The number of nitro groups is 1.